The van der Waals surface area contributed by atoms with E-state index in [-0.39, 0.29) is 5.91 Å². The highest BCUT2D eigenvalue weighted by Gasteiger charge is 2.37. The Bertz CT molecular complexity index is 739. The average molecular weight is 350 g/mol. The number of carbonyl (C=O) groups is 1. The highest BCUT2D eigenvalue weighted by atomic mass is 35.5. The van der Waals surface area contributed by atoms with Crippen LogP contribution >= 0.6 is 23.2 Å². The number of amides is 1. The molecule has 6 heteroatoms. The number of allylic oxidation sites excluding steroid dienone is 2. The first-order valence-corrected chi connectivity index (χ1v) is 8.17. The van der Waals surface area contributed by atoms with Crippen molar-refractivity contribution in [2.75, 3.05) is 13.1 Å². The van der Waals surface area contributed by atoms with Crippen LogP contribution in [-0.2, 0) is 11.3 Å². The largest absolute Gasteiger partial charge is 0.311 e. The molecule has 0 saturated carbocycles. The second-order valence-electron chi connectivity index (χ2n) is 5.52. The lowest BCUT2D eigenvalue weighted by Gasteiger charge is -2.37. The summed E-state index contributed by atoms with van der Waals surface area (Å²) in [6, 6.07) is 5.45. The van der Waals surface area contributed by atoms with E-state index in [1.807, 2.05) is 24.0 Å². The van der Waals surface area contributed by atoms with Crippen LogP contribution in [0.25, 0.3) is 0 Å². The van der Waals surface area contributed by atoms with Gasteiger partial charge in [-0.2, -0.15) is 0 Å². The van der Waals surface area contributed by atoms with Crippen molar-refractivity contribution in [2.24, 2.45) is 4.99 Å². The summed E-state index contributed by atoms with van der Waals surface area (Å²) in [4.78, 5) is 20.9. The second-order valence-corrected chi connectivity index (χ2v) is 6.36. The third-order valence-corrected chi connectivity index (χ3v) is 4.68. The fourth-order valence-electron chi connectivity index (χ4n) is 2.88. The van der Waals surface area contributed by atoms with E-state index in [1.165, 1.54) is 0 Å². The Balaban J connectivity index is 2.00. The Morgan fingerprint density at radius 1 is 1.39 bits per heavy atom. The summed E-state index contributed by atoms with van der Waals surface area (Å²) in [6.45, 7) is 7.49. The number of aliphatic imine (C=N–C) groups is 1. The molecule has 1 aromatic carbocycles. The molecule has 1 aromatic rings. The number of nitrogens with zero attached hydrogens (tertiary/aromatic N) is 3. The second kappa shape index (κ2) is 6.38. The number of rotatable bonds is 4. The molecule has 0 radical (unpaired) electrons. The molecular weight excluding hydrogens is 333 g/mol. The Morgan fingerprint density at radius 3 is 2.87 bits per heavy atom. The summed E-state index contributed by atoms with van der Waals surface area (Å²) in [5.41, 5.74) is 2.60. The predicted molar refractivity (Wildman–Crippen MR) is 93.5 cm³/mol. The van der Waals surface area contributed by atoms with Gasteiger partial charge in [-0.15, -0.1) is 6.58 Å². The van der Waals surface area contributed by atoms with Crippen molar-refractivity contribution in [1.29, 1.82) is 0 Å². The molecule has 0 spiro atoms. The van der Waals surface area contributed by atoms with Crippen molar-refractivity contribution < 1.29 is 4.79 Å². The first kappa shape index (κ1) is 16.1. The molecule has 2 heterocycles. The molecule has 0 bridgehead atoms. The molecule has 0 atom stereocenters. The standard InChI is InChI=1S/C17H17Cl2N3O/c1-3-4-14-11(2)22(17-20-7-8-21(17)16(14)23)10-12-5-6-13(18)9-15(12)19/h3,5-6,9H,1,4,7-8,10H2,2H3. The van der Waals surface area contributed by atoms with Crippen LogP contribution in [-0.4, -0.2) is 34.8 Å². The lowest BCUT2D eigenvalue weighted by Crippen LogP contribution is -2.49. The van der Waals surface area contributed by atoms with Crippen LogP contribution < -0.4 is 0 Å². The maximum Gasteiger partial charge on any atom is 0.258 e. The number of carbonyl (C=O) groups excluding carboxylic acids is 1. The lowest BCUT2D eigenvalue weighted by atomic mass is 10.0. The van der Waals surface area contributed by atoms with Crippen molar-refractivity contribution in [3.05, 3.63) is 57.7 Å². The Labute approximate surface area is 145 Å². The first-order valence-electron chi connectivity index (χ1n) is 7.41. The number of hydrogen-bond acceptors (Lipinski definition) is 3. The summed E-state index contributed by atoms with van der Waals surface area (Å²) in [5.74, 6) is 0.725. The summed E-state index contributed by atoms with van der Waals surface area (Å²) in [7, 11) is 0. The molecule has 2 aliphatic heterocycles. The van der Waals surface area contributed by atoms with Crippen LogP contribution in [0.1, 0.15) is 18.9 Å². The van der Waals surface area contributed by atoms with Crippen LogP contribution in [0.4, 0.5) is 0 Å². The van der Waals surface area contributed by atoms with Crippen molar-refractivity contribution >= 4 is 35.1 Å². The van der Waals surface area contributed by atoms with Crippen LogP contribution in [0, 0.1) is 0 Å². The van der Waals surface area contributed by atoms with Crippen molar-refractivity contribution in [1.82, 2.24) is 9.80 Å². The highest BCUT2D eigenvalue weighted by Crippen LogP contribution is 2.30. The van der Waals surface area contributed by atoms with E-state index < -0.39 is 0 Å². The molecule has 23 heavy (non-hydrogen) atoms. The molecule has 0 unspecified atom stereocenters. The molecule has 2 aliphatic rings. The molecule has 0 saturated heterocycles. The summed E-state index contributed by atoms with van der Waals surface area (Å²) in [6.07, 6.45) is 2.29. The molecule has 0 fully saturated rings. The van der Waals surface area contributed by atoms with Gasteiger partial charge in [-0.3, -0.25) is 14.7 Å². The van der Waals surface area contributed by atoms with Crippen LogP contribution in [0.15, 0.2) is 47.1 Å². The Morgan fingerprint density at radius 2 is 2.17 bits per heavy atom. The van der Waals surface area contributed by atoms with Crippen molar-refractivity contribution in [3.63, 3.8) is 0 Å². The van der Waals surface area contributed by atoms with E-state index in [1.54, 1.807) is 17.0 Å². The fourth-order valence-corrected chi connectivity index (χ4v) is 3.35. The van der Waals surface area contributed by atoms with E-state index in [2.05, 4.69) is 11.6 Å². The predicted octanol–water partition coefficient (Wildman–Crippen LogP) is 3.86. The number of hydrogen-bond donors (Lipinski definition) is 0. The first-order chi connectivity index (χ1) is 11.0. The van der Waals surface area contributed by atoms with E-state index in [0.29, 0.717) is 42.1 Å². The molecule has 4 nitrogen and oxygen atoms in total. The van der Waals surface area contributed by atoms with Crippen LogP contribution in [0.2, 0.25) is 10.0 Å². The van der Waals surface area contributed by atoms with Crippen molar-refractivity contribution in [2.45, 2.75) is 19.9 Å². The summed E-state index contributed by atoms with van der Waals surface area (Å²) >= 11 is 12.3. The van der Waals surface area contributed by atoms with Gasteiger partial charge in [0.25, 0.3) is 5.91 Å². The van der Waals surface area contributed by atoms with E-state index in [9.17, 15) is 4.79 Å². The van der Waals surface area contributed by atoms with Gasteiger partial charge < -0.3 is 4.90 Å². The molecule has 0 N–H and O–H groups in total. The van der Waals surface area contributed by atoms with Gasteiger partial charge in [0, 0.05) is 27.9 Å². The Kier molecular flexibility index (Phi) is 4.46. The third kappa shape index (κ3) is 2.89. The quantitative estimate of drug-likeness (QED) is 0.773. The number of benzene rings is 1. The normalized spacial score (nSPS) is 17.5. The van der Waals surface area contributed by atoms with Gasteiger partial charge >= 0.3 is 0 Å². The zero-order chi connectivity index (χ0) is 16.6. The minimum atomic E-state index is 0.0251. The van der Waals surface area contributed by atoms with Gasteiger partial charge in [-0.25, -0.2) is 0 Å². The zero-order valence-electron chi connectivity index (χ0n) is 12.9. The van der Waals surface area contributed by atoms with Gasteiger partial charge in [-0.1, -0.05) is 35.3 Å². The van der Waals surface area contributed by atoms with Gasteiger partial charge in [0.15, 0.2) is 0 Å². The van der Waals surface area contributed by atoms with Gasteiger partial charge in [0.2, 0.25) is 5.96 Å². The molecule has 0 aromatic heterocycles. The van der Waals surface area contributed by atoms with Gasteiger partial charge in [0.1, 0.15) is 0 Å². The third-order valence-electron chi connectivity index (χ3n) is 4.10. The minimum absolute atomic E-state index is 0.0251. The van der Waals surface area contributed by atoms with Crippen molar-refractivity contribution in [3.8, 4) is 0 Å². The lowest BCUT2D eigenvalue weighted by molar-refractivity contribution is -0.124. The smallest absolute Gasteiger partial charge is 0.258 e. The molecule has 3 rings (SSSR count). The maximum absolute atomic E-state index is 12.6. The van der Waals surface area contributed by atoms with E-state index in [0.717, 1.165) is 16.8 Å². The Hall–Kier alpha value is -1.78. The molecular formula is C17H17Cl2N3O. The zero-order valence-corrected chi connectivity index (χ0v) is 14.4. The minimum Gasteiger partial charge on any atom is -0.311 e. The number of fused-ring (bicyclic) bond motifs is 1. The average Bonchev–Trinajstić information content (AvgIpc) is 2.99. The number of halogens is 2. The van der Waals surface area contributed by atoms with Crippen LogP contribution in [0.5, 0.6) is 0 Å². The SMILES string of the molecule is C=CCC1=C(C)N(Cc2ccc(Cl)cc2Cl)C2=NCCN2C1=O. The maximum atomic E-state index is 12.6. The fraction of sp³-hybridized carbons (Fsp3) is 0.294. The molecule has 1 amide bonds. The highest BCUT2D eigenvalue weighted by molar-refractivity contribution is 6.35. The monoisotopic (exact) mass is 349 g/mol. The van der Waals surface area contributed by atoms with E-state index >= 15 is 0 Å². The molecule has 120 valence electrons. The summed E-state index contributed by atoms with van der Waals surface area (Å²) < 4.78 is 0. The van der Waals surface area contributed by atoms with Gasteiger partial charge in [-0.05, 0) is 31.0 Å². The van der Waals surface area contributed by atoms with E-state index in [4.69, 9.17) is 23.2 Å². The van der Waals surface area contributed by atoms with Crippen LogP contribution in [0.3, 0.4) is 0 Å². The molecule has 0 aliphatic carbocycles. The number of guanidine groups is 1. The topological polar surface area (TPSA) is 35.9 Å². The van der Waals surface area contributed by atoms with Gasteiger partial charge in [0.05, 0.1) is 13.1 Å². The summed E-state index contributed by atoms with van der Waals surface area (Å²) in [5, 5.41) is 1.21.